The molecule has 6 nitrogen and oxygen atoms in total. The zero-order valence-corrected chi connectivity index (χ0v) is 12.7. The van der Waals surface area contributed by atoms with Crippen LogP contribution in [0.2, 0.25) is 0 Å². The second-order valence-electron chi connectivity index (χ2n) is 5.63. The van der Waals surface area contributed by atoms with Crippen molar-refractivity contribution in [1.82, 2.24) is 9.55 Å². The lowest BCUT2D eigenvalue weighted by Crippen LogP contribution is -2.47. The number of H-pyrrole nitrogens is 1. The first kappa shape index (κ1) is 14.6. The first-order valence-corrected chi connectivity index (χ1v) is 7.37. The molecule has 1 aromatic carbocycles. The van der Waals surface area contributed by atoms with Crippen LogP contribution in [0.1, 0.15) is 13.8 Å². The number of para-hydroxylation sites is 1. The smallest absolute Gasteiger partial charge is 0.334 e. The van der Waals surface area contributed by atoms with Crippen molar-refractivity contribution in [2.24, 2.45) is 0 Å². The number of anilines is 1. The summed E-state index contributed by atoms with van der Waals surface area (Å²) in [5.41, 5.74) is -0.207. The summed E-state index contributed by atoms with van der Waals surface area (Å²) in [6.45, 7) is 5.25. The zero-order chi connectivity index (χ0) is 15.7. The van der Waals surface area contributed by atoms with Gasteiger partial charge in [-0.2, -0.15) is 0 Å². The van der Waals surface area contributed by atoms with E-state index in [9.17, 15) is 9.59 Å². The predicted octanol–water partition coefficient (Wildman–Crippen LogP) is 1.14. The third-order valence-corrected chi connectivity index (χ3v) is 3.69. The number of nitrogens with zero attached hydrogens (tertiary/aromatic N) is 2. The highest BCUT2D eigenvalue weighted by molar-refractivity contribution is 5.40. The van der Waals surface area contributed by atoms with Crippen molar-refractivity contribution in [3.05, 3.63) is 57.2 Å². The van der Waals surface area contributed by atoms with Crippen LogP contribution < -0.4 is 16.1 Å². The van der Waals surface area contributed by atoms with E-state index in [4.69, 9.17) is 4.74 Å². The lowest BCUT2D eigenvalue weighted by Gasteiger charge is -2.36. The first-order chi connectivity index (χ1) is 10.5. The van der Waals surface area contributed by atoms with Gasteiger partial charge in [0, 0.05) is 19.2 Å². The topological polar surface area (TPSA) is 67.3 Å². The number of aromatic nitrogens is 2. The van der Waals surface area contributed by atoms with E-state index in [1.54, 1.807) is 24.3 Å². The average molecular weight is 301 g/mol. The Kier molecular flexibility index (Phi) is 3.85. The Morgan fingerprint density at radius 2 is 1.73 bits per heavy atom. The summed E-state index contributed by atoms with van der Waals surface area (Å²) >= 11 is 0. The van der Waals surface area contributed by atoms with Crippen molar-refractivity contribution in [2.45, 2.75) is 26.1 Å². The Morgan fingerprint density at radius 3 is 2.32 bits per heavy atom. The highest BCUT2D eigenvalue weighted by atomic mass is 16.5. The fourth-order valence-electron chi connectivity index (χ4n) is 2.85. The molecular formula is C16H19N3O3. The van der Waals surface area contributed by atoms with Crippen LogP contribution in [-0.2, 0) is 4.74 Å². The number of hydrogen-bond acceptors (Lipinski definition) is 4. The summed E-state index contributed by atoms with van der Waals surface area (Å²) in [6.07, 6.45) is 0.118. The predicted molar refractivity (Wildman–Crippen MR) is 84.9 cm³/mol. The number of rotatable bonds is 2. The molecule has 116 valence electrons. The molecule has 2 aromatic rings. The van der Waals surface area contributed by atoms with Crippen LogP contribution >= 0.6 is 0 Å². The van der Waals surface area contributed by atoms with E-state index in [1.165, 1.54) is 6.07 Å². The SMILES string of the molecule is C[C@@H]1CN(c2cc(=O)n(-c3ccccc3)c(=O)[nH]2)C[C@@H](C)O1. The lowest BCUT2D eigenvalue weighted by molar-refractivity contribution is -0.00549. The van der Waals surface area contributed by atoms with Crippen LogP contribution in [0.4, 0.5) is 5.82 Å². The van der Waals surface area contributed by atoms with Crippen molar-refractivity contribution < 1.29 is 4.74 Å². The maximum atomic E-state index is 12.4. The maximum absolute atomic E-state index is 12.4. The Morgan fingerprint density at radius 1 is 1.09 bits per heavy atom. The van der Waals surface area contributed by atoms with Crippen molar-refractivity contribution in [2.75, 3.05) is 18.0 Å². The van der Waals surface area contributed by atoms with Crippen molar-refractivity contribution in [3.8, 4) is 5.69 Å². The van der Waals surface area contributed by atoms with E-state index in [0.29, 0.717) is 24.6 Å². The minimum absolute atomic E-state index is 0.0591. The summed E-state index contributed by atoms with van der Waals surface area (Å²) in [5, 5.41) is 0. The van der Waals surface area contributed by atoms with E-state index < -0.39 is 5.69 Å². The van der Waals surface area contributed by atoms with E-state index in [0.717, 1.165) is 4.57 Å². The Balaban J connectivity index is 2.00. The van der Waals surface area contributed by atoms with Gasteiger partial charge in [0.2, 0.25) is 0 Å². The Labute approximate surface area is 128 Å². The number of benzene rings is 1. The van der Waals surface area contributed by atoms with Gasteiger partial charge in [0.15, 0.2) is 0 Å². The van der Waals surface area contributed by atoms with Crippen LogP contribution in [-0.4, -0.2) is 34.8 Å². The normalized spacial score (nSPS) is 21.8. The fourth-order valence-corrected chi connectivity index (χ4v) is 2.85. The van der Waals surface area contributed by atoms with E-state index in [1.807, 2.05) is 24.8 Å². The quantitative estimate of drug-likeness (QED) is 0.903. The number of ether oxygens (including phenoxy) is 1. The molecule has 1 aromatic heterocycles. The molecule has 1 saturated heterocycles. The second kappa shape index (κ2) is 5.81. The molecule has 1 aliphatic heterocycles. The highest BCUT2D eigenvalue weighted by Gasteiger charge is 2.23. The molecule has 0 spiro atoms. The lowest BCUT2D eigenvalue weighted by atomic mass is 10.2. The molecular weight excluding hydrogens is 282 g/mol. The summed E-state index contributed by atoms with van der Waals surface area (Å²) in [6, 6.07) is 10.4. The maximum Gasteiger partial charge on any atom is 0.334 e. The average Bonchev–Trinajstić information content (AvgIpc) is 2.46. The summed E-state index contributed by atoms with van der Waals surface area (Å²) in [7, 11) is 0. The van der Waals surface area contributed by atoms with Gasteiger partial charge >= 0.3 is 5.69 Å². The molecule has 22 heavy (non-hydrogen) atoms. The molecule has 0 radical (unpaired) electrons. The van der Waals surface area contributed by atoms with Gasteiger partial charge in [0.1, 0.15) is 5.82 Å². The molecule has 3 rings (SSSR count). The van der Waals surface area contributed by atoms with Crippen LogP contribution in [0.3, 0.4) is 0 Å². The third kappa shape index (κ3) is 2.82. The third-order valence-electron chi connectivity index (χ3n) is 3.69. The molecule has 1 aliphatic rings. The Bertz CT molecular complexity index is 725. The van der Waals surface area contributed by atoms with Gasteiger partial charge in [-0.05, 0) is 26.0 Å². The molecule has 2 atom stereocenters. The van der Waals surface area contributed by atoms with E-state index in [2.05, 4.69) is 4.98 Å². The molecule has 0 amide bonds. The second-order valence-corrected chi connectivity index (χ2v) is 5.63. The van der Waals surface area contributed by atoms with Crippen LogP contribution in [0, 0.1) is 0 Å². The number of morpholine rings is 1. The summed E-state index contributed by atoms with van der Waals surface area (Å²) < 4.78 is 6.81. The van der Waals surface area contributed by atoms with Gasteiger partial charge in [-0.25, -0.2) is 9.36 Å². The van der Waals surface area contributed by atoms with E-state index >= 15 is 0 Å². The van der Waals surface area contributed by atoms with Crippen LogP contribution in [0.15, 0.2) is 46.0 Å². The molecule has 1 N–H and O–H groups in total. The van der Waals surface area contributed by atoms with Gasteiger partial charge in [-0.3, -0.25) is 9.78 Å². The van der Waals surface area contributed by atoms with E-state index in [-0.39, 0.29) is 17.8 Å². The molecule has 6 heteroatoms. The van der Waals surface area contributed by atoms with Gasteiger partial charge in [0.05, 0.1) is 17.9 Å². The number of nitrogens with one attached hydrogen (secondary N) is 1. The first-order valence-electron chi connectivity index (χ1n) is 7.37. The van der Waals surface area contributed by atoms with Crippen molar-refractivity contribution in [1.29, 1.82) is 0 Å². The molecule has 0 unspecified atom stereocenters. The van der Waals surface area contributed by atoms with Crippen molar-refractivity contribution in [3.63, 3.8) is 0 Å². The largest absolute Gasteiger partial charge is 0.372 e. The zero-order valence-electron chi connectivity index (χ0n) is 12.7. The van der Waals surface area contributed by atoms with Gasteiger partial charge < -0.3 is 9.64 Å². The number of hydrogen-bond donors (Lipinski definition) is 1. The standard InChI is InChI=1S/C16H19N3O3/c1-11-9-18(10-12(2)22-11)14-8-15(20)19(16(21)17-14)13-6-4-3-5-7-13/h3-8,11-12H,9-10H2,1-2H3,(H,17,21)/t11-,12-/m1/s1. The summed E-state index contributed by atoms with van der Waals surface area (Å²) in [5.74, 6) is 0.546. The van der Waals surface area contributed by atoms with Gasteiger partial charge in [-0.15, -0.1) is 0 Å². The molecule has 1 fully saturated rings. The highest BCUT2D eigenvalue weighted by Crippen LogP contribution is 2.16. The minimum Gasteiger partial charge on any atom is -0.372 e. The molecule has 0 bridgehead atoms. The van der Waals surface area contributed by atoms with Gasteiger partial charge in [0.25, 0.3) is 5.56 Å². The van der Waals surface area contributed by atoms with Crippen LogP contribution in [0.25, 0.3) is 5.69 Å². The van der Waals surface area contributed by atoms with Gasteiger partial charge in [-0.1, -0.05) is 18.2 Å². The minimum atomic E-state index is -0.430. The van der Waals surface area contributed by atoms with Crippen LogP contribution in [0.5, 0.6) is 0 Å². The molecule has 2 heterocycles. The Hall–Kier alpha value is -2.34. The summed E-state index contributed by atoms with van der Waals surface area (Å²) in [4.78, 5) is 29.5. The molecule has 0 aliphatic carbocycles. The monoisotopic (exact) mass is 301 g/mol. The number of aromatic amines is 1. The molecule has 0 saturated carbocycles. The van der Waals surface area contributed by atoms with Crippen molar-refractivity contribution >= 4 is 5.82 Å². The fraction of sp³-hybridized carbons (Fsp3) is 0.375.